The Morgan fingerprint density at radius 1 is 1.03 bits per heavy atom. The van der Waals surface area contributed by atoms with Gasteiger partial charge in [-0.1, -0.05) is 12.1 Å². The van der Waals surface area contributed by atoms with E-state index in [1.54, 1.807) is 0 Å². The molecule has 1 aromatic carbocycles. The van der Waals surface area contributed by atoms with Crippen LogP contribution in [0.4, 0.5) is 17.5 Å². The first kappa shape index (κ1) is 19.8. The van der Waals surface area contributed by atoms with Gasteiger partial charge in [0.1, 0.15) is 5.82 Å². The third-order valence-electron chi connectivity index (χ3n) is 5.26. The molecule has 0 saturated carbocycles. The van der Waals surface area contributed by atoms with Crippen LogP contribution in [0, 0.1) is 6.92 Å². The summed E-state index contributed by atoms with van der Waals surface area (Å²) in [7, 11) is 0. The molecule has 8 heteroatoms. The fourth-order valence-electron chi connectivity index (χ4n) is 3.69. The number of nitrogens with one attached hydrogen (secondary N) is 2. The lowest BCUT2D eigenvalue weighted by Gasteiger charge is -2.28. The predicted octanol–water partition coefficient (Wildman–Crippen LogP) is 2.71. The van der Waals surface area contributed by atoms with Crippen molar-refractivity contribution < 1.29 is 4.74 Å². The highest BCUT2D eigenvalue weighted by molar-refractivity contribution is 7.80. The lowest BCUT2D eigenvalue weighted by Crippen LogP contribution is -2.37. The van der Waals surface area contributed by atoms with Crippen LogP contribution in [0.15, 0.2) is 30.3 Å². The van der Waals surface area contributed by atoms with E-state index in [1.807, 2.05) is 13.0 Å². The second-order valence-corrected chi connectivity index (χ2v) is 7.87. The fourth-order valence-corrected chi connectivity index (χ4v) is 3.85. The van der Waals surface area contributed by atoms with Crippen LogP contribution in [-0.4, -0.2) is 54.5 Å². The van der Waals surface area contributed by atoms with Crippen molar-refractivity contribution in [1.82, 2.24) is 15.3 Å². The molecule has 3 heterocycles. The SMILES string of the molecule is Cc1cc(N2CCOCC2)nc(NC(=S)NCc2ccc(N3CCCC3)cc2)n1. The van der Waals surface area contributed by atoms with Crippen LogP contribution in [0.1, 0.15) is 24.1 Å². The number of hydrogen-bond donors (Lipinski definition) is 2. The minimum atomic E-state index is 0.521. The molecule has 0 atom stereocenters. The Morgan fingerprint density at radius 3 is 2.48 bits per heavy atom. The van der Waals surface area contributed by atoms with Crippen LogP contribution in [0.2, 0.25) is 0 Å². The van der Waals surface area contributed by atoms with Crippen LogP contribution < -0.4 is 20.4 Å². The molecule has 0 amide bonds. The molecule has 2 saturated heterocycles. The largest absolute Gasteiger partial charge is 0.378 e. The molecule has 2 aliphatic heterocycles. The van der Waals surface area contributed by atoms with Crippen LogP contribution in [-0.2, 0) is 11.3 Å². The highest BCUT2D eigenvalue weighted by Crippen LogP contribution is 2.20. The van der Waals surface area contributed by atoms with Gasteiger partial charge in [0.25, 0.3) is 0 Å². The van der Waals surface area contributed by atoms with Crippen molar-refractivity contribution in [2.24, 2.45) is 0 Å². The van der Waals surface area contributed by atoms with Crippen molar-refractivity contribution >= 4 is 34.8 Å². The van der Waals surface area contributed by atoms with E-state index in [0.717, 1.165) is 50.9 Å². The standard InChI is InChI=1S/C21H28N6OS/c1-16-14-19(27-10-12-28-13-11-27)24-20(23-16)25-21(29)22-15-17-4-6-18(7-5-17)26-8-2-3-9-26/h4-7,14H,2-3,8-13,15H2,1H3,(H2,22,23,24,25,29). The second-order valence-electron chi connectivity index (χ2n) is 7.46. The van der Waals surface area contributed by atoms with Crippen molar-refractivity contribution in [1.29, 1.82) is 0 Å². The molecule has 2 aromatic rings. The van der Waals surface area contributed by atoms with Crippen LogP contribution >= 0.6 is 12.2 Å². The minimum absolute atomic E-state index is 0.521. The van der Waals surface area contributed by atoms with Gasteiger partial charge in [0.15, 0.2) is 5.11 Å². The molecule has 154 valence electrons. The van der Waals surface area contributed by atoms with E-state index in [0.29, 0.717) is 17.6 Å². The Morgan fingerprint density at radius 2 is 1.76 bits per heavy atom. The van der Waals surface area contributed by atoms with E-state index in [9.17, 15) is 0 Å². The Balaban J connectivity index is 1.31. The lowest BCUT2D eigenvalue weighted by molar-refractivity contribution is 0.122. The van der Waals surface area contributed by atoms with Crippen molar-refractivity contribution in [2.45, 2.75) is 26.3 Å². The summed E-state index contributed by atoms with van der Waals surface area (Å²) < 4.78 is 5.42. The maximum atomic E-state index is 5.45. The third kappa shape index (κ3) is 5.33. The summed E-state index contributed by atoms with van der Waals surface area (Å²) in [6, 6.07) is 10.7. The molecular weight excluding hydrogens is 384 g/mol. The first-order chi connectivity index (χ1) is 14.2. The highest BCUT2D eigenvalue weighted by atomic mass is 32.1. The number of rotatable bonds is 5. The smallest absolute Gasteiger partial charge is 0.231 e. The highest BCUT2D eigenvalue weighted by Gasteiger charge is 2.15. The molecule has 29 heavy (non-hydrogen) atoms. The van der Waals surface area contributed by atoms with Crippen molar-refractivity contribution in [3.05, 3.63) is 41.6 Å². The summed E-state index contributed by atoms with van der Waals surface area (Å²) in [5.74, 6) is 1.43. The van der Waals surface area contributed by atoms with Crippen molar-refractivity contribution in [2.75, 3.05) is 54.5 Å². The first-order valence-corrected chi connectivity index (χ1v) is 10.7. The first-order valence-electron chi connectivity index (χ1n) is 10.2. The summed E-state index contributed by atoms with van der Waals surface area (Å²) in [5, 5.41) is 6.89. The molecule has 2 N–H and O–H groups in total. The Hall–Kier alpha value is -2.45. The molecule has 4 rings (SSSR count). The van der Waals surface area contributed by atoms with E-state index in [2.05, 4.69) is 54.7 Å². The average molecular weight is 413 g/mol. The molecule has 0 radical (unpaired) electrons. The number of benzene rings is 1. The van der Waals surface area contributed by atoms with Crippen molar-refractivity contribution in [3.8, 4) is 0 Å². The van der Waals surface area contributed by atoms with Crippen LogP contribution in [0.3, 0.4) is 0 Å². The van der Waals surface area contributed by atoms with Gasteiger partial charge in [-0.2, -0.15) is 4.98 Å². The van der Waals surface area contributed by atoms with Gasteiger partial charge >= 0.3 is 0 Å². The van der Waals surface area contributed by atoms with E-state index in [-0.39, 0.29) is 0 Å². The van der Waals surface area contributed by atoms with Gasteiger partial charge in [-0.3, -0.25) is 0 Å². The van der Waals surface area contributed by atoms with Gasteiger partial charge in [0.05, 0.1) is 13.2 Å². The zero-order chi connectivity index (χ0) is 20.1. The summed E-state index contributed by atoms with van der Waals surface area (Å²) in [6.45, 7) is 8.08. The van der Waals surface area contributed by atoms with Crippen LogP contribution in [0.25, 0.3) is 0 Å². The monoisotopic (exact) mass is 412 g/mol. The van der Waals surface area contributed by atoms with E-state index in [1.165, 1.54) is 24.1 Å². The number of aryl methyl sites for hydroxylation is 1. The van der Waals surface area contributed by atoms with E-state index in [4.69, 9.17) is 17.0 Å². The molecule has 0 bridgehead atoms. The quantitative estimate of drug-likeness (QED) is 0.727. The molecule has 0 spiro atoms. The maximum Gasteiger partial charge on any atom is 0.231 e. The molecule has 1 aromatic heterocycles. The predicted molar refractivity (Wildman–Crippen MR) is 121 cm³/mol. The summed E-state index contributed by atoms with van der Waals surface area (Å²) in [5.41, 5.74) is 3.40. The zero-order valence-electron chi connectivity index (χ0n) is 16.9. The number of thiocarbonyl (C=S) groups is 1. The average Bonchev–Trinajstić information content (AvgIpc) is 3.28. The third-order valence-corrected chi connectivity index (χ3v) is 5.51. The number of hydrogen-bond acceptors (Lipinski definition) is 6. The van der Waals surface area contributed by atoms with E-state index < -0.39 is 0 Å². The van der Waals surface area contributed by atoms with Gasteiger partial charge in [-0.05, 0) is 49.7 Å². The summed E-state index contributed by atoms with van der Waals surface area (Å²) in [6.07, 6.45) is 2.58. The summed E-state index contributed by atoms with van der Waals surface area (Å²) in [4.78, 5) is 13.7. The Bertz CT molecular complexity index is 832. The zero-order valence-corrected chi connectivity index (χ0v) is 17.7. The van der Waals surface area contributed by atoms with Gasteiger partial charge in [-0.25, -0.2) is 4.98 Å². The molecule has 2 aliphatic rings. The summed E-state index contributed by atoms with van der Waals surface area (Å²) >= 11 is 5.45. The number of nitrogens with zero attached hydrogens (tertiary/aromatic N) is 4. The van der Waals surface area contributed by atoms with Gasteiger partial charge < -0.3 is 25.2 Å². The Kier molecular flexibility index (Phi) is 6.41. The van der Waals surface area contributed by atoms with Crippen molar-refractivity contribution in [3.63, 3.8) is 0 Å². The molecular formula is C21H28N6OS. The van der Waals surface area contributed by atoms with Gasteiger partial charge in [0, 0.05) is 50.2 Å². The van der Waals surface area contributed by atoms with E-state index >= 15 is 0 Å². The fraction of sp³-hybridized carbons (Fsp3) is 0.476. The molecule has 0 aliphatic carbocycles. The molecule has 2 fully saturated rings. The number of anilines is 3. The number of morpholine rings is 1. The number of aromatic nitrogens is 2. The maximum absolute atomic E-state index is 5.45. The minimum Gasteiger partial charge on any atom is -0.378 e. The molecule has 0 unspecified atom stereocenters. The Labute approximate surface area is 177 Å². The van der Waals surface area contributed by atoms with Gasteiger partial charge in [-0.15, -0.1) is 0 Å². The normalized spacial score (nSPS) is 16.7. The second kappa shape index (κ2) is 9.37. The molecule has 7 nitrogen and oxygen atoms in total. The number of ether oxygens (including phenoxy) is 1. The topological polar surface area (TPSA) is 65.6 Å². The van der Waals surface area contributed by atoms with Gasteiger partial charge in [0.2, 0.25) is 5.95 Å². The van der Waals surface area contributed by atoms with Crippen LogP contribution in [0.5, 0.6) is 0 Å². The lowest BCUT2D eigenvalue weighted by atomic mass is 10.2.